The molecular weight excluding hydrogens is 1850 g/mol. The van der Waals surface area contributed by atoms with E-state index in [1.54, 1.807) is 61.4 Å². The summed E-state index contributed by atoms with van der Waals surface area (Å²) in [6, 6.07) is 69.8. The number of carboxylic acid groups (broad SMARTS) is 2. The minimum atomic E-state index is -1.47. The molecule has 30 heteroatoms. The Balaban J connectivity index is 0.000000289. The van der Waals surface area contributed by atoms with E-state index in [4.69, 9.17) is 67.7 Å². The van der Waals surface area contributed by atoms with Crippen molar-refractivity contribution in [2.45, 2.75) is 138 Å². The SMILES string of the molecule is C.C.CC(=O)O.CC(=O)O.COc1cc2c(cc1OC)C(Cc1ccc(-c3cncnc3)cc1)N(C(=O)OC(C)(C)C)CC2.COc1cc2c(cc1OC)C(Cc1ccc(-c3cncnc3)cc1)NCC2.COc1cc2c(cc1OC)C(Cc1ccc(Br)cc1)N(C(=O)OC(C)(C)C)CC2.Cl.OB(O)c1cncnc1.[Pd].c1ccc([PH+](c2ccccc2)c2ccccc2)cc1. The number of carbonyl (C=O) groups excluding carboxylic acids is 2. The molecule has 3 unspecified atom stereocenters. The predicted octanol–water partition coefficient (Wildman–Crippen LogP) is 17.6. The second kappa shape index (κ2) is 54.1. The zero-order valence-corrected chi connectivity index (χ0v) is 79.2. The Labute approximate surface area is 794 Å². The number of benzene rings is 9. The van der Waals surface area contributed by atoms with Gasteiger partial charge in [0, 0.05) is 112 Å². The molecule has 0 bridgehead atoms. The summed E-state index contributed by atoms with van der Waals surface area (Å²) in [5.41, 5.74) is 14.0. The van der Waals surface area contributed by atoms with Gasteiger partial charge in [-0.1, -0.05) is 146 Å². The van der Waals surface area contributed by atoms with Crippen LogP contribution in [0.25, 0.3) is 22.3 Å². The minimum Gasteiger partial charge on any atom is -0.493 e. The van der Waals surface area contributed by atoms with Gasteiger partial charge in [-0.3, -0.25) is 9.59 Å². The number of aliphatic carboxylic acids is 2. The molecule has 5 N–H and O–H groups in total. The average molecular weight is 1970 g/mol. The van der Waals surface area contributed by atoms with Crippen molar-refractivity contribution >= 4 is 88.9 Å². The van der Waals surface area contributed by atoms with E-state index in [1.807, 2.05) is 100 Å². The first-order valence-corrected chi connectivity index (χ1v) is 43.2. The van der Waals surface area contributed by atoms with Gasteiger partial charge in [0.05, 0.1) is 62.7 Å². The third kappa shape index (κ3) is 33.1. The Morgan fingerprint density at radius 2 is 0.723 bits per heavy atom. The summed E-state index contributed by atoms with van der Waals surface area (Å²) < 4.78 is 45.5. The average Bonchev–Trinajstić information content (AvgIpc) is 0.776. The van der Waals surface area contributed by atoms with Gasteiger partial charge in [-0.2, -0.15) is 0 Å². The number of ether oxygens (including phenoxy) is 8. The second-order valence-corrected chi connectivity index (χ2v) is 34.7. The first kappa shape index (κ1) is 109. The van der Waals surface area contributed by atoms with Crippen LogP contribution in [0.5, 0.6) is 34.5 Å². The number of rotatable bonds is 18. The van der Waals surface area contributed by atoms with Crippen molar-refractivity contribution in [3.63, 3.8) is 0 Å². The summed E-state index contributed by atoms with van der Waals surface area (Å²) in [6.45, 7) is 15.6. The van der Waals surface area contributed by atoms with Crippen molar-refractivity contribution in [3.05, 3.63) is 311 Å². The van der Waals surface area contributed by atoms with Crippen molar-refractivity contribution in [2.75, 3.05) is 62.3 Å². The smallest absolute Gasteiger partial charge is 0.491 e. The molecule has 130 heavy (non-hydrogen) atoms. The number of carboxylic acids is 2. The third-order valence-corrected chi connectivity index (χ3v) is 23.3. The van der Waals surface area contributed by atoms with Crippen LogP contribution in [0, 0.1) is 0 Å². The fourth-order valence-electron chi connectivity index (χ4n) is 14.3. The van der Waals surface area contributed by atoms with E-state index in [1.165, 1.54) is 63.2 Å². The monoisotopic (exact) mass is 1960 g/mol. The van der Waals surface area contributed by atoms with Gasteiger partial charge < -0.3 is 73.3 Å². The topological polar surface area (TPSA) is 319 Å². The molecule has 15 rings (SSSR count). The van der Waals surface area contributed by atoms with Gasteiger partial charge in [-0.25, -0.2) is 39.5 Å². The quantitative estimate of drug-likeness (QED) is 0.0394. The molecule has 3 atom stereocenters. The van der Waals surface area contributed by atoms with Crippen LogP contribution < -0.4 is 55.1 Å². The number of hydrogen-bond acceptors (Lipinski definition) is 21. The number of aromatic nitrogens is 6. The maximum absolute atomic E-state index is 13.2. The third-order valence-electron chi connectivity index (χ3n) is 20.0. The van der Waals surface area contributed by atoms with E-state index in [-0.39, 0.29) is 78.0 Å². The fraction of sp³-hybridized carbons (Fsp3) is 0.300. The van der Waals surface area contributed by atoms with E-state index < -0.39 is 38.2 Å². The van der Waals surface area contributed by atoms with Crippen molar-refractivity contribution in [3.8, 4) is 56.8 Å². The van der Waals surface area contributed by atoms with Gasteiger partial charge in [-0.05, 0) is 233 Å². The molecule has 3 aromatic heterocycles. The largest absolute Gasteiger partial charge is 0.493 e. The molecule has 25 nitrogen and oxygen atoms in total. The van der Waals surface area contributed by atoms with Crippen molar-refractivity contribution < 1.29 is 97.8 Å². The van der Waals surface area contributed by atoms with Crippen LogP contribution in [0.4, 0.5) is 9.59 Å². The number of fused-ring (bicyclic) bond motifs is 3. The van der Waals surface area contributed by atoms with E-state index in [0.29, 0.717) is 54.4 Å². The first-order valence-electron chi connectivity index (χ1n) is 40.9. The molecule has 3 aliphatic heterocycles. The molecule has 2 amide bonds. The molecule has 692 valence electrons. The Morgan fingerprint density at radius 1 is 0.431 bits per heavy atom. The molecule has 3 aliphatic rings. The number of nitrogens with one attached hydrogen (secondary N) is 1. The Kier molecular flexibility index (Phi) is 45.3. The number of hydrogen-bond donors (Lipinski definition) is 5. The molecule has 12 aromatic rings. The van der Waals surface area contributed by atoms with Crippen LogP contribution in [0.1, 0.15) is 138 Å². The van der Waals surface area contributed by atoms with Crippen LogP contribution in [0.2, 0.25) is 0 Å². The fourth-order valence-corrected chi connectivity index (χ4v) is 17.2. The summed E-state index contributed by atoms with van der Waals surface area (Å²) in [6.07, 6.45) is 18.5. The summed E-state index contributed by atoms with van der Waals surface area (Å²) in [5.74, 6) is 2.63. The van der Waals surface area contributed by atoms with Crippen molar-refractivity contribution in [1.82, 2.24) is 45.0 Å². The molecule has 6 heterocycles. The zero-order valence-electron chi connectivity index (χ0n) is 74.3. The maximum atomic E-state index is 13.2. The van der Waals surface area contributed by atoms with E-state index in [9.17, 15) is 9.59 Å². The molecule has 0 spiro atoms. The van der Waals surface area contributed by atoms with Crippen LogP contribution in [0.3, 0.4) is 0 Å². The van der Waals surface area contributed by atoms with Gasteiger partial charge in [0.15, 0.2) is 34.5 Å². The number of methoxy groups -OCH3 is 6. The predicted molar refractivity (Wildman–Crippen MR) is 518 cm³/mol. The second-order valence-electron chi connectivity index (χ2n) is 31.3. The van der Waals surface area contributed by atoms with Gasteiger partial charge in [0.1, 0.15) is 46.1 Å². The van der Waals surface area contributed by atoms with Gasteiger partial charge >= 0.3 is 19.3 Å². The summed E-state index contributed by atoms with van der Waals surface area (Å²) in [4.78, 5) is 71.4. The molecule has 0 saturated carbocycles. The Morgan fingerprint density at radius 3 is 1.03 bits per heavy atom. The van der Waals surface area contributed by atoms with E-state index >= 15 is 0 Å². The van der Waals surface area contributed by atoms with Crippen LogP contribution in [-0.2, 0) is 78.0 Å². The first-order chi connectivity index (χ1) is 60.5. The van der Waals surface area contributed by atoms with Crippen molar-refractivity contribution in [2.24, 2.45) is 0 Å². The number of halogens is 2. The molecule has 0 fully saturated rings. The molecule has 0 aliphatic carbocycles. The summed E-state index contributed by atoms with van der Waals surface area (Å²) >= 11 is 3.48. The molecular formula is C100H120BBrClN9O16PPd+. The molecule has 0 radical (unpaired) electrons. The van der Waals surface area contributed by atoms with E-state index in [2.05, 4.69) is 215 Å². The number of carbonyl (C=O) groups is 4. The molecule has 0 saturated heterocycles. The van der Waals surface area contributed by atoms with Gasteiger partial charge in [0.25, 0.3) is 11.9 Å². The van der Waals surface area contributed by atoms with Crippen LogP contribution >= 0.6 is 36.3 Å². The molecule has 9 aromatic carbocycles. The normalized spacial score (nSPS) is 13.5. The van der Waals surface area contributed by atoms with Crippen LogP contribution in [-0.4, -0.2) is 165 Å². The van der Waals surface area contributed by atoms with E-state index in [0.717, 1.165) is 112 Å². The van der Waals surface area contributed by atoms with Crippen LogP contribution in [0.15, 0.2) is 261 Å². The summed E-state index contributed by atoms with van der Waals surface area (Å²) in [7, 11) is 7.55. The maximum Gasteiger partial charge on any atom is 0.491 e. The van der Waals surface area contributed by atoms with Crippen molar-refractivity contribution in [1.29, 1.82) is 0 Å². The Hall–Kier alpha value is -11.7. The van der Waals surface area contributed by atoms with Gasteiger partial charge in [-0.15, -0.1) is 12.4 Å². The summed E-state index contributed by atoms with van der Waals surface area (Å²) in [5, 5.41) is 39.8. The number of amides is 2. The standard InChI is InChI=1S/C27H31N3O4.C23H28BrNO4.C22H23N3O2.C18H15P.C4H5BN2O2.2C2H4O2.2CH4.ClH.Pd/c1-27(2,3)34-26(31)30-11-10-20-13-24(32-4)25(33-5)14-22(20)23(30)12-18-6-8-19(9-7-18)21-15-28-17-29-16-21;1-23(2,3)29-22(26)25-11-10-16-13-20(27-4)21(28-5)14-18(16)19(25)12-15-6-8-17(24)9-7-15;1-26-21-10-17-7-8-25-20(19(17)11-22(21)27-2)9-15-3-5-16(6-4-15)18-12-23-14-24-13-18;1-4-10-16(11-5-1)19(17-12-6-2-7-13-17)18-14-8-3-9-15-18;8-5(9)4-1-6-3-7-2-4;2*1-2(3)4;;;;/h6-9,13-17,23H,10-12H2,1-5H3;6-9,13-14,19H,10-12H2,1-5H3;3-6,10-14,20,25H,7-9H2,1-2H3;1-15H;1-3,8-9H;2*1H3,(H,3,4);2*1H4;1H;/p+1. The zero-order chi connectivity index (χ0) is 90.9. The Bertz CT molecular complexity index is 5310. The minimum absolute atomic E-state index is 0. The van der Waals surface area contributed by atoms with Gasteiger partial charge in [0.2, 0.25) is 0 Å². The number of nitrogens with zero attached hydrogens (tertiary/aromatic N) is 8.